The number of nitrogens with zero attached hydrogens (tertiary/aromatic N) is 3. The van der Waals surface area contributed by atoms with E-state index in [0.717, 1.165) is 12.2 Å². The molecule has 0 aliphatic heterocycles. The number of amides is 2. The summed E-state index contributed by atoms with van der Waals surface area (Å²) in [6.45, 7) is 4.73. The van der Waals surface area contributed by atoms with Gasteiger partial charge in [0.15, 0.2) is 0 Å². The van der Waals surface area contributed by atoms with Gasteiger partial charge in [0.1, 0.15) is 0 Å². The number of carbonyl (C=O) groups is 2. The average Bonchev–Trinajstić information content (AvgIpc) is 3.20. The number of rotatable bonds is 13. The van der Waals surface area contributed by atoms with Crippen molar-refractivity contribution in [2.45, 2.75) is 26.4 Å². The number of hydrogen-bond donors (Lipinski definition) is 0. The van der Waals surface area contributed by atoms with Crippen molar-refractivity contribution in [3.63, 3.8) is 0 Å². The molecule has 0 spiro atoms. The Morgan fingerprint density at radius 3 is 2.20 bits per heavy atom. The van der Waals surface area contributed by atoms with Crippen LogP contribution in [0.25, 0.3) is 0 Å². The van der Waals surface area contributed by atoms with E-state index in [2.05, 4.69) is 16.7 Å². The summed E-state index contributed by atoms with van der Waals surface area (Å²) < 4.78 is 12.4. The molecule has 0 N–H and O–H groups in total. The SMILES string of the molecule is CCC(=O)N(CCOC)CC(=O)N(CCOC)Cc1cccn1Cc1ccccc1. The predicted molar refractivity (Wildman–Crippen MR) is 116 cm³/mol. The van der Waals surface area contributed by atoms with E-state index in [1.54, 1.807) is 30.9 Å². The molecule has 7 nitrogen and oxygen atoms in total. The lowest BCUT2D eigenvalue weighted by atomic mass is 10.2. The first-order chi connectivity index (χ1) is 14.6. The second-order valence-corrected chi connectivity index (χ2v) is 7.08. The Bertz CT molecular complexity index is 776. The number of aromatic nitrogens is 1. The smallest absolute Gasteiger partial charge is 0.242 e. The molecule has 0 fully saturated rings. The summed E-state index contributed by atoms with van der Waals surface area (Å²) in [4.78, 5) is 28.6. The molecule has 7 heteroatoms. The largest absolute Gasteiger partial charge is 0.383 e. The summed E-state index contributed by atoms with van der Waals surface area (Å²) in [7, 11) is 3.20. The summed E-state index contributed by atoms with van der Waals surface area (Å²) >= 11 is 0. The molecule has 30 heavy (non-hydrogen) atoms. The Morgan fingerprint density at radius 1 is 0.900 bits per heavy atom. The van der Waals surface area contributed by atoms with Crippen molar-refractivity contribution in [1.29, 1.82) is 0 Å². The molecule has 164 valence electrons. The van der Waals surface area contributed by atoms with Crippen LogP contribution < -0.4 is 0 Å². The monoisotopic (exact) mass is 415 g/mol. The summed E-state index contributed by atoms with van der Waals surface area (Å²) in [6, 6.07) is 14.2. The van der Waals surface area contributed by atoms with Gasteiger partial charge in [-0.15, -0.1) is 0 Å². The van der Waals surface area contributed by atoms with Crippen molar-refractivity contribution < 1.29 is 19.1 Å². The van der Waals surface area contributed by atoms with Crippen molar-refractivity contribution in [3.05, 3.63) is 59.9 Å². The van der Waals surface area contributed by atoms with Crippen LogP contribution in [0.4, 0.5) is 0 Å². The Kier molecular flexibility index (Phi) is 10.1. The van der Waals surface area contributed by atoms with Crippen molar-refractivity contribution in [1.82, 2.24) is 14.4 Å². The quantitative estimate of drug-likeness (QED) is 0.504. The minimum absolute atomic E-state index is 0.0408. The van der Waals surface area contributed by atoms with Gasteiger partial charge in [-0.2, -0.15) is 0 Å². The van der Waals surface area contributed by atoms with Crippen LogP contribution in [0.3, 0.4) is 0 Å². The van der Waals surface area contributed by atoms with Gasteiger partial charge in [-0.3, -0.25) is 9.59 Å². The Morgan fingerprint density at radius 2 is 1.57 bits per heavy atom. The van der Waals surface area contributed by atoms with Gasteiger partial charge in [-0.25, -0.2) is 0 Å². The van der Waals surface area contributed by atoms with E-state index in [4.69, 9.17) is 9.47 Å². The van der Waals surface area contributed by atoms with Crippen molar-refractivity contribution >= 4 is 11.8 Å². The zero-order valence-corrected chi connectivity index (χ0v) is 18.3. The van der Waals surface area contributed by atoms with E-state index >= 15 is 0 Å². The zero-order valence-electron chi connectivity index (χ0n) is 18.3. The van der Waals surface area contributed by atoms with Crippen LogP contribution in [0.2, 0.25) is 0 Å². The third kappa shape index (κ3) is 7.31. The second kappa shape index (κ2) is 12.8. The average molecular weight is 416 g/mol. The highest BCUT2D eigenvalue weighted by Crippen LogP contribution is 2.11. The van der Waals surface area contributed by atoms with Crippen LogP contribution in [0.15, 0.2) is 48.7 Å². The first kappa shape index (κ1) is 23.6. The van der Waals surface area contributed by atoms with Crippen LogP contribution in [-0.2, 0) is 32.2 Å². The predicted octanol–water partition coefficient (Wildman–Crippen LogP) is 2.40. The number of ether oxygens (including phenoxy) is 2. The summed E-state index contributed by atoms with van der Waals surface area (Å²) in [5.74, 6) is -0.156. The van der Waals surface area contributed by atoms with E-state index in [9.17, 15) is 9.59 Å². The van der Waals surface area contributed by atoms with Gasteiger partial charge in [0, 0.05) is 52.2 Å². The molecule has 0 saturated heterocycles. The van der Waals surface area contributed by atoms with Gasteiger partial charge in [0.05, 0.1) is 26.3 Å². The highest BCUT2D eigenvalue weighted by atomic mass is 16.5. The van der Waals surface area contributed by atoms with E-state index in [1.807, 2.05) is 36.5 Å². The molecule has 1 aromatic carbocycles. The maximum atomic E-state index is 13.1. The first-order valence-corrected chi connectivity index (χ1v) is 10.3. The lowest BCUT2D eigenvalue weighted by molar-refractivity contribution is -0.141. The zero-order chi connectivity index (χ0) is 21.8. The van der Waals surface area contributed by atoms with Crippen LogP contribution in [0, 0.1) is 0 Å². The Labute approximate surface area is 179 Å². The third-order valence-electron chi connectivity index (χ3n) is 4.94. The standard InChI is InChI=1S/C23H33N3O4/c1-4-22(27)26(14-16-30-3)19-23(28)25(13-15-29-2)18-21-11-8-12-24(21)17-20-9-6-5-7-10-20/h5-12H,4,13-19H2,1-3H3. The topological polar surface area (TPSA) is 64.0 Å². The molecule has 2 amide bonds. The Balaban J connectivity index is 2.10. The molecule has 0 radical (unpaired) electrons. The highest BCUT2D eigenvalue weighted by molar-refractivity contribution is 5.84. The molecule has 2 rings (SSSR count). The first-order valence-electron chi connectivity index (χ1n) is 10.3. The van der Waals surface area contributed by atoms with Crippen molar-refractivity contribution in [3.8, 4) is 0 Å². The highest BCUT2D eigenvalue weighted by Gasteiger charge is 2.21. The van der Waals surface area contributed by atoms with Crippen LogP contribution in [-0.4, -0.2) is 73.2 Å². The van der Waals surface area contributed by atoms with Gasteiger partial charge in [-0.05, 0) is 17.7 Å². The molecular weight excluding hydrogens is 382 g/mol. The maximum absolute atomic E-state index is 13.1. The second-order valence-electron chi connectivity index (χ2n) is 7.08. The van der Waals surface area contributed by atoms with Crippen LogP contribution in [0.5, 0.6) is 0 Å². The summed E-state index contributed by atoms with van der Waals surface area (Å²) in [5, 5.41) is 0. The maximum Gasteiger partial charge on any atom is 0.242 e. The third-order valence-corrected chi connectivity index (χ3v) is 4.94. The van der Waals surface area contributed by atoms with Gasteiger partial charge in [-0.1, -0.05) is 37.3 Å². The van der Waals surface area contributed by atoms with E-state index in [0.29, 0.717) is 39.3 Å². The minimum Gasteiger partial charge on any atom is -0.383 e. The van der Waals surface area contributed by atoms with E-state index < -0.39 is 0 Å². The fraction of sp³-hybridized carbons (Fsp3) is 0.478. The van der Waals surface area contributed by atoms with Crippen molar-refractivity contribution in [2.24, 2.45) is 0 Å². The number of hydrogen-bond acceptors (Lipinski definition) is 4. The molecule has 2 aromatic rings. The molecule has 1 aromatic heterocycles. The summed E-state index contributed by atoms with van der Waals surface area (Å²) in [6.07, 6.45) is 2.38. The van der Waals surface area contributed by atoms with Gasteiger partial charge in [0.2, 0.25) is 11.8 Å². The number of benzene rings is 1. The molecule has 0 saturated carbocycles. The fourth-order valence-electron chi connectivity index (χ4n) is 3.20. The molecule has 0 atom stereocenters. The van der Waals surface area contributed by atoms with Crippen LogP contribution in [0.1, 0.15) is 24.6 Å². The van der Waals surface area contributed by atoms with E-state index in [-0.39, 0.29) is 18.4 Å². The fourth-order valence-corrected chi connectivity index (χ4v) is 3.20. The van der Waals surface area contributed by atoms with Crippen molar-refractivity contribution in [2.75, 3.05) is 47.1 Å². The Hall–Kier alpha value is -2.64. The molecule has 0 bridgehead atoms. The minimum atomic E-state index is -0.0996. The van der Waals surface area contributed by atoms with Crippen LogP contribution >= 0.6 is 0 Å². The number of methoxy groups -OCH3 is 2. The lowest BCUT2D eigenvalue weighted by Crippen LogP contribution is -2.44. The molecular formula is C23H33N3O4. The van der Waals surface area contributed by atoms with Gasteiger partial charge < -0.3 is 23.8 Å². The molecule has 0 aliphatic rings. The molecule has 1 heterocycles. The van der Waals surface area contributed by atoms with Gasteiger partial charge in [0.25, 0.3) is 0 Å². The molecule has 0 aliphatic carbocycles. The summed E-state index contributed by atoms with van der Waals surface area (Å²) in [5.41, 5.74) is 2.23. The molecule has 0 unspecified atom stereocenters. The number of carbonyl (C=O) groups excluding carboxylic acids is 2. The lowest BCUT2D eigenvalue weighted by Gasteiger charge is -2.28. The van der Waals surface area contributed by atoms with E-state index in [1.165, 1.54) is 5.56 Å². The van der Waals surface area contributed by atoms with Gasteiger partial charge >= 0.3 is 0 Å². The normalized spacial score (nSPS) is 10.8.